The number of hydrogen-bond donors (Lipinski definition) is 1. The highest BCUT2D eigenvalue weighted by Gasteiger charge is 2.59. The summed E-state index contributed by atoms with van der Waals surface area (Å²) in [6, 6.07) is 5.88. The van der Waals surface area contributed by atoms with Gasteiger partial charge in [0.25, 0.3) is 0 Å². The number of rotatable bonds is 5. The van der Waals surface area contributed by atoms with Gasteiger partial charge in [-0.15, -0.1) is 0 Å². The zero-order valence-corrected chi connectivity index (χ0v) is 14.5. The van der Waals surface area contributed by atoms with E-state index in [4.69, 9.17) is 9.47 Å². The van der Waals surface area contributed by atoms with E-state index in [2.05, 4.69) is 4.98 Å². The molecule has 2 atom stereocenters. The molecule has 1 aromatic heterocycles. The fourth-order valence-electron chi connectivity index (χ4n) is 2.87. The van der Waals surface area contributed by atoms with Crippen molar-refractivity contribution in [1.82, 2.24) is 4.98 Å². The van der Waals surface area contributed by atoms with E-state index in [0.717, 1.165) is 6.07 Å². The van der Waals surface area contributed by atoms with Gasteiger partial charge in [-0.05, 0) is 24.3 Å². The minimum atomic E-state index is -5.88. The van der Waals surface area contributed by atoms with Crippen LogP contribution in [0.5, 0.6) is 11.6 Å². The van der Waals surface area contributed by atoms with Crippen LogP contribution in [0.15, 0.2) is 42.6 Å². The Kier molecular flexibility index (Phi) is 5.37. The van der Waals surface area contributed by atoms with Crippen LogP contribution in [0.3, 0.4) is 0 Å². The van der Waals surface area contributed by atoms with Crippen molar-refractivity contribution in [2.75, 3.05) is 13.3 Å². The number of aliphatic hydroxyl groups excluding tert-OH is 1. The molecule has 158 valence electrons. The fraction of sp³-hybridized carbons (Fsp3) is 0.389. The average molecular weight is 425 g/mol. The van der Waals surface area contributed by atoms with Crippen molar-refractivity contribution in [3.63, 3.8) is 0 Å². The largest absolute Gasteiger partial charge is 0.478 e. The van der Waals surface area contributed by atoms with Crippen LogP contribution >= 0.6 is 0 Å². The van der Waals surface area contributed by atoms with Crippen molar-refractivity contribution in [2.45, 2.75) is 29.9 Å². The SMILES string of the molecule is OC1C(Oc2ccccn2)c2cc(C(F)(F)C(F)(F)F)ccc2OC1(CF)CF. The van der Waals surface area contributed by atoms with Gasteiger partial charge in [0.1, 0.15) is 25.2 Å². The lowest BCUT2D eigenvalue weighted by atomic mass is 9.86. The Bertz CT molecular complexity index is 856. The zero-order valence-electron chi connectivity index (χ0n) is 14.5. The van der Waals surface area contributed by atoms with E-state index in [9.17, 15) is 35.8 Å². The molecule has 0 bridgehead atoms. The number of pyridine rings is 1. The first kappa shape index (κ1) is 21.2. The van der Waals surface area contributed by atoms with Crippen molar-refractivity contribution in [3.8, 4) is 11.6 Å². The van der Waals surface area contributed by atoms with E-state index in [1.54, 1.807) is 0 Å². The van der Waals surface area contributed by atoms with Crippen LogP contribution in [-0.2, 0) is 5.92 Å². The summed E-state index contributed by atoms with van der Waals surface area (Å²) in [5, 5.41) is 10.5. The van der Waals surface area contributed by atoms with E-state index in [1.165, 1.54) is 24.4 Å². The Morgan fingerprint density at radius 2 is 1.76 bits per heavy atom. The highest BCUT2D eigenvalue weighted by Crippen LogP contribution is 2.48. The number of halogens is 7. The zero-order chi connectivity index (χ0) is 21.4. The van der Waals surface area contributed by atoms with Gasteiger partial charge in [0, 0.05) is 23.4 Å². The lowest BCUT2D eigenvalue weighted by Gasteiger charge is -2.42. The standard InChI is InChI=1S/C18H14F7NO3/c19-8-16(9-20)15(27)14(28-13-3-1-2-6-26-13)11-7-10(4-5-12(11)29-16)17(21,22)18(23,24)25/h1-7,14-15,27H,8-9H2. The van der Waals surface area contributed by atoms with Crippen molar-refractivity contribution < 1.29 is 45.3 Å². The Balaban J connectivity index is 2.12. The maximum atomic E-state index is 13.8. The molecule has 0 saturated heterocycles. The minimum Gasteiger partial charge on any atom is -0.478 e. The van der Waals surface area contributed by atoms with Crippen LogP contribution in [0.1, 0.15) is 17.2 Å². The molecule has 0 aliphatic carbocycles. The summed E-state index contributed by atoms with van der Waals surface area (Å²) in [5.41, 5.74) is -4.29. The maximum Gasteiger partial charge on any atom is 0.458 e. The molecule has 2 heterocycles. The van der Waals surface area contributed by atoms with Gasteiger partial charge in [-0.1, -0.05) is 6.07 Å². The molecule has 0 amide bonds. The molecule has 2 aromatic rings. The Labute approximate surface area is 159 Å². The Morgan fingerprint density at radius 3 is 2.31 bits per heavy atom. The first-order valence-corrected chi connectivity index (χ1v) is 8.21. The molecular formula is C18H14F7NO3. The van der Waals surface area contributed by atoms with Gasteiger partial charge in [0.15, 0.2) is 11.7 Å². The van der Waals surface area contributed by atoms with E-state index in [1.807, 2.05) is 0 Å². The number of alkyl halides is 7. The van der Waals surface area contributed by atoms with Crippen molar-refractivity contribution in [2.24, 2.45) is 0 Å². The normalized spacial score (nSPS) is 21.2. The molecule has 0 spiro atoms. The van der Waals surface area contributed by atoms with Crippen LogP contribution < -0.4 is 9.47 Å². The number of aliphatic hydroxyl groups is 1. The van der Waals surface area contributed by atoms with Crippen molar-refractivity contribution in [1.29, 1.82) is 0 Å². The molecule has 2 unspecified atom stereocenters. The van der Waals surface area contributed by atoms with Gasteiger partial charge >= 0.3 is 12.1 Å². The molecular weight excluding hydrogens is 411 g/mol. The monoisotopic (exact) mass is 425 g/mol. The molecule has 11 heteroatoms. The van der Waals surface area contributed by atoms with Crippen molar-refractivity contribution >= 4 is 0 Å². The van der Waals surface area contributed by atoms with Gasteiger partial charge in [-0.25, -0.2) is 13.8 Å². The summed E-state index contributed by atoms with van der Waals surface area (Å²) < 4.78 is 103. The second-order valence-corrected chi connectivity index (χ2v) is 6.41. The molecule has 4 nitrogen and oxygen atoms in total. The second-order valence-electron chi connectivity index (χ2n) is 6.41. The molecule has 0 radical (unpaired) electrons. The number of fused-ring (bicyclic) bond motifs is 1. The number of benzene rings is 1. The van der Waals surface area contributed by atoms with E-state index in [-0.39, 0.29) is 5.88 Å². The summed E-state index contributed by atoms with van der Waals surface area (Å²) in [6.07, 6.45) is -8.38. The third kappa shape index (κ3) is 3.59. The molecule has 1 aromatic carbocycles. The number of nitrogens with zero attached hydrogens (tertiary/aromatic N) is 1. The van der Waals surface area contributed by atoms with Gasteiger partial charge in [-0.2, -0.15) is 22.0 Å². The third-order valence-corrected chi connectivity index (χ3v) is 4.51. The summed E-state index contributed by atoms with van der Waals surface area (Å²) in [7, 11) is 0. The number of hydrogen-bond acceptors (Lipinski definition) is 4. The molecule has 3 rings (SSSR count). The molecule has 29 heavy (non-hydrogen) atoms. The molecule has 0 fully saturated rings. The lowest BCUT2D eigenvalue weighted by molar-refractivity contribution is -0.289. The van der Waals surface area contributed by atoms with E-state index in [0.29, 0.717) is 12.1 Å². The van der Waals surface area contributed by atoms with Crippen LogP contribution in [0.2, 0.25) is 0 Å². The highest BCUT2D eigenvalue weighted by atomic mass is 19.4. The van der Waals surface area contributed by atoms with Crippen LogP contribution in [0, 0.1) is 0 Å². The Morgan fingerprint density at radius 1 is 1.07 bits per heavy atom. The van der Waals surface area contributed by atoms with Crippen LogP contribution in [0.4, 0.5) is 30.7 Å². The quantitative estimate of drug-likeness (QED) is 0.727. The molecule has 1 N–H and O–H groups in total. The third-order valence-electron chi connectivity index (χ3n) is 4.51. The topological polar surface area (TPSA) is 51.6 Å². The van der Waals surface area contributed by atoms with Gasteiger partial charge in [0.2, 0.25) is 5.88 Å². The number of aromatic nitrogens is 1. The predicted octanol–water partition coefficient (Wildman–Crippen LogP) is 4.29. The van der Waals surface area contributed by atoms with Gasteiger partial charge in [0.05, 0.1) is 0 Å². The highest BCUT2D eigenvalue weighted by molar-refractivity contribution is 5.44. The van der Waals surface area contributed by atoms with Gasteiger partial charge < -0.3 is 14.6 Å². The minimum absolute atomic E-state index is 0.149. The van der Waals surface area contributed by atoms with Crippen molar-refractivity contribution in [3.05, 3.63) is 53.7 Å². The molecule has 0 saturated carbocycles. The molecule has 1 aliphatic heterocycles. The summed E-state index contributed by atoms with van der Waals surface area (Å²) >= 11 is 0. The van der Waals surface area contributed by atoms with E-state index < -0.39 is 60.1 Å². The lowest BCUT2D eigenvalue weighted by Crippen LogP contribution is -2.58. The van der Waals surface area contributed by atoms with Gasteiger partial charge in [-0.3, -0.25) is 0 Å². The summed E-state index contributed by atoms with van der Waals surface area (Å²) in [6.45, 7) is -3.01. The smallest absolute Gasteiger partial charge is 0.458 e. The Hall–Kier alpha value is -2.56. The molecule has 1 aliphatic rings. The van der Waals surface area contributed by atoms with Crippen LogP contribution in [-0.4, -0.2) is 41.3 Å². The van der Waals surface area contributed by atoms with E-state index >= 15 is 0 Å². The van der Waals surface area contributed by atoms with Crippen LogP contribution in [0.25, 0.3) is 0 Å². The average Bonchev–Trinajstić information content (AvgIpc) is 2.69. The first-order chi connectivity index (χ1) is 13.6. The first-order valence-electron chi connectivity index (χ1n) is 8.21. The fourth-order valence-corrected chi connectivity index (χ4v) is 2.87. The second kappa shape index (κ2) is 7.36. The summed E-state index contributed by atoms with van der Waals surface area (Å²) in [5.74, 6) is -5.76. The number of ether oxygens (including phenoxy) is 2. The predicted molar refractivity (Wildman–Crippen MR) is 85.3 cm³/mol. The maximum absolute atomic E-state index is 13.8. The summed E-state index contributed by atoms with van der Waals surface area (Å²) in [4.78, 5) is 3.80.